The van der Waals surface area contributed by atoms with Crippen molar-refractivity contribution in [2.24, 2.45) is 0 Å². The Morgan fingerprint density at radius 1 is 1.03 bits per heavy atom. The molecule has 4 nitrogen and oxygen atoms in total. The van der Waals surface area contributed by atoms with Crippen LogP contribution >= 0.6 is 34.8 Å². The highest BCUT2D eigenvalue weighted by Gasteiger charge is 2.35. The van der Waals surface area contributed by atoms with E-state index in [1.165, 1.54) is 0 Å². The molecule has 32 heavy (non-hydrogen) atoms. The van der Waals surface area contributed by atoms with E-state index in [2.05, 4.69) is 4.90 Å². The van der Waals surface area contributed by atoms with Gasteiger partial charge in [0.2, 0.25) is 5.78 Å². The second-order valence-corrected chi connectivity index (χ2v) is 9.15. The Balaban J connectivity index is 1.46. The predicted octanol–water partition coefficient (Wildman–Crippen LogP) is 6.92. The van der Waals surface area contributed by atoms with E-state index in [-0.39, 0.29) is 11.5 Å². The molecule has 0 aliphatic carbocycles. The normalized spacial score (nSPS) is 16.5. The molecule has 0 unspecified atom stereocenters. The standard InChI is InChI=1S/C25H18Cl3NO3/c1-14-8-21-19(12-29(13-31-21)11-15-2-5-17(26)6-3-15)25-23(14)24(30)22(32-25)9-16-4-7-18(27)10-20(16)28/h2-10H,11-13H2,1H3/b22-9-. The first-order valence-electron chi connectivity index (χ1n) is 10.0. The van der Waals surface area contributed by atoms with Gasteiger partial charge in [-0.25, -0.2) is 0 Å². The highest BCUT2D eigenvalue weighted by Crippen LogP contribution is 2.44. The van der Waals surface area contributed by atoms with E-state index in [0.29, 0.717) is 51.8 Å². The van der Waals surface area contributed by atoms with Crippen molar-refractivity contribution in [3.63, 3.8) is 0 Å². The molecule has 0 atom stereocenters. The minimum atomic E-state index is -0.166. The second kappa shape index (κ2) is 8.45. The number of hydrogen-bond acceptors (Lipinski definition) is 4. The Kier molecular flexibility index (Phi) is 5.64. The average molecular weight is 487 g/mol. The van der Waals surface area contributed by atoms with Gasteiger partial charge >= 0.3 is 0 Å². The molecule has 0 radical (unpaired) electrons. The largest absolute Gasteiger partial charge is 0.478 e. The first-order valence-corrected chi connectivity index (χ1v) is 11.2. The van der Waals surface area contributed by atoms with Crippen LogP contribution in [-0.2, 0) is 13.1 Å². The average Bonchev–Trinajstić information content (AvgIpc) is 3.09. The summed E-state index contributed by atoms with van der Waals surface area (Å²) in [5.41, 5.74) is 4.04. The number of nitrogens with zero attached hydrogens (tertiary/aromatic N) is 1. The number of rotatable bonds is 3. The fourth-order valence-electron chi connectivity index (χ4n) is 3.99. The smallest absolute Gasteiger partial charge is 0.232 e. The molecule has 0 fully saturated rings. The van der Waals surface area contributed by atoms with Crippen LogP contribution in [0.1, 0.15) is 32.6 Å². The van der Waals surface area contributed by atoms with Crippen LogP contribution in [0.15, 0.2) is 54.3 Å². The van der Waals surface area contributed by atoms with Gasteiger partial charge in [-0.2, -0.15) is 0 Å². The fourth-order valence-corrected chi connectivity index (χ4v) is 4.57. The van der Waals surface area contributed by atoms with Gasteiger partial charge in [0.15, 0.2) is 5.76 Å². The van der Waals surface area contributed by atoms with Crippen LogP contribution in [0.3, 0.4) is 0 Å². The molecule has 2 aliphatic heterocycles. The summed E-state index contributed by atoms with van der Waals surface area (Å²) in [6, 6.07) is 14.8. The number of carbonyl (C=O) groups excluding carboxylic acids is 1. The lowest BCUT2D eigenvalue weighted by Gasteiger charge is -2.30. The zero-order chi connectivity index (χ0) is 22.4. The van der Waals surface area contributed by atoms with Gasteiger partial charge in [-0.3, -0.25) is 9.69 Å². The number of Topliss-reactive ketones (excluding diaryl/α,β-unsaturated/α-hetero) is 1. The number of aryl methyl sites for hydroxylation is 1. The van der Waals surface area contributed by atoms with Crippen molar-refractivity contribution >= 4 is 46.7 Å². The molecule has 7 heteroatoms. The molecule has 2 aliphatic rings. The Hall–Kier alpha value is -2.50. The molecular formula is C25H18Cl3NO3. The summed E-state index contributed by atoms with van der Waals surface area (Å²) in [7, 11) is 0. The summed E-state index contributed by atoms with van der Waals surface area (Å²) >= 11 is 18.3. The third-order valence-corrected chi connectivity index (χ3v) is 6.37. The van der Waals surface area contributed by atoms with Crippen molar-refractivity contribution < 1.29 is 14.3 Å². The van der Waals surface area contributed by atoms with E-state index < -0.39 is 0 Å². The summed E-state index contributed by atoms with van der Waals surface area (Å²) in [5, 5.41) is 1.69. The van der Waals surface area contributed by atoms with E-state index in [1.807, 2.05) is 37.3 Å². The summed E-state index contributed by atoms with van der Waals surface area (Å²) in [4.78, 5) is 15.3. The topological polar surface area (TPSA) is 38.8 Å². The van der Waals surface area contributed by atoms with Crippen molar-refractivity contribution in [3.8, 4) is 11.5 Å². The van der Waals surface area contributed by atoms with Crippen LogP contribution in [0.5, 0.6) is 11.5 Å². The van der Waals surface area contributed by atoms with E-state index in [1.54, 1.807) is 24.3 Å². The summed E-state index contributed by atoms with van der Waals surface area (Å²) < 4.78 is 12.1. The first kappa shape index (κ1) is 21.4. The van der Waals surface area contributed by atoms with Gasteiger partial charge in [0.25, 0.3) is 0 Å². The van der Waals surface area contributed by atoms with Gasteiger partial charge in [0.05, 0.1) is 11.1 Å². The molecule has 5 rings (SSSR count). The van der Waals surface area contributed by atoms with Crippen molar-refractivity contribution in [1.29, 1.82) is 0 Å². The summed E-state index contributed by atoms with van der Waals surface area (Å²) in [6.07, 6.45) is 1.65. The number of ketones is 1. The number of fused-ring (bicyclic) bond motifs is 3. The lowest BCUT2D eigenvalue weighted by Crippen LogP contribution is -2.31. The zero-order valence-corrected chi connectivity index (χ0v) is 19.4. The monoisotopic (exact) mass is 485 g/mol. The maximum Gasteiger partial charge on any atom is 0.232 e. The van der Waals surface area contributed by atoms with Gasteiger partial charge in [-0.1, -0.05) is 53.0 Å². The Morgan fingerprint density at radius 2 is 1.78 bits per heavy atom. The number of halogens is 3. The molecule has 3 aromatic carbocycles. The number of ether oxygens (including phenoxy) is 2. The molecule has 2 heterocycles. The van der Waals surface area contributed by atoms with Crippen LogP contribution in [0.2, 0.25) is 15.1 Å². The van der Waals surface area contributed by atoms with Crippen LogP contribution in [-0.4, -0.2) is 17.4 Å². The molecule has 3 aromatic rings. The van der Waals surface area contributed by atoms with E-state index in [0.717, 1.165) is 22.4 Å². The number of hydrogen-bond donors (Lipinski definition) is 0. The third kappa shape index (κ3) is 4.00. The Morgan fingerprint density at radius 3 is 2.53 bits per heavy atom. The second-order valence-electron chi connectivity index (χ2n) is 7.87. The number of benzene rings is 3. The quantitative estimate of drug-likeness (QED) is 0.377. The third-order valence-electron chi connectivity index (χ3n) is 5.56. The molecule has 0 aromatic heterocycles. The van der Waals surface area contributed by atoms with Crippen molar-refractivity contribution in [1.82, 2.24) is 4.90 Å². The predicted molar refractivity (Wildman–Crippen MR) is 127 cm³/mol. The van der Waals surface area contributed by atoms with E-state index in [4.69, 9.17) is 44.3 Å². The number of allylic oxidation sites excluding steroid dienone is 1. The summed E-state index contributed by atoms with van der Waals surface area (Å²) in [6.45, 7) is 3.63. The van der Waals surface area contributed by atoms with E-state index in [9.17, 15) is 4.79 Å². The van der Waals surface area contributed by atoms with Gasteiger partial charge in [0, 0.05) is 28.2 Å². The molecular weight excluding hydrogens is 469 g/mol. The first-order chi connectivity index (χ1) is 15.4. The van der Waals surface area contributed by atoms with Crippen LogP contribution in [0.4, 0.5) is 0 Å². The molecule has 0 saturated carbocycles. The molecule has 0 amide bonds. The fraction of sp³-hybridized carbons (Fsp3) is 0.160. The molecule has 162 valence electrons. The lowest BCUT2D eigenvalue weighted by molar-refractivity contribution is 0.0872. The Labute approximate surface area is 200 Å². The van der Waals surface area contributed by atoms with Crippen LogP contribution < -0.4 is 9.47 Å². The SMILES string of the molecule is Cc1cc2c(c3c1C(=O)/C(=C/c1ccc(Cl)cc1Cl)O3)CN(Cc1ccc(Cl)cc1)CO2. The maximum absolute atomic E-state index is 13.2. The molecule has 0 bridgehead atoms. The van der Waals surface area contributed by atoms with E-state index >= 15 is 0 Å². The number of carbonyl (C=O) groups is 1. The van der Waals surface area contributed by atoms with Crippen molar-refractivity contribution in [2.75, 3.05) is 6.73 Å². The zero-order valence-electron chi connectivity index (χ0n) is 17.1. The molecule has 0 N–H and O–H groups in total. The highest BCUT2D eigenvalue weighted by molar-refractivity contribution is 6.35. The van der Waals surface area contributed by atoms with Crippen molar-refractivity contribution in [3.05, 3.63) is 97.2 Å². The lowest BCUT2D eigenvalue weighted by atomic mass is 9.98. The highest BCUT2D eigenvalue weighted by atomic mass is 35.5. The van der Waals surface area contributed by atoms with Crippen LogP contribution in [0, 0.1) is 6.92 Å². The van der Waals surface area contributed by atoms with Gasteiger partial charge in [0.1, 0.15) is 18.2 Å². The van der Waals surface area contributed by atoms with Crippen molar-refractivity contribution in [2.45, 2.75) is 20.0 Å². The maximum atomic E-state index is 13.2. The van der Waals surface area contributed by atoms with Gasteiger partial charge in [-0.05, 0) is 60.0 Å². The minimum Gasteiger partial charge on any atom is -0.478 e. The minimum absolute atomic E-state index is 0.166. The molecule has 0 spiro atoms. The van der Waals surface area contributed by atoms with Gasteiger partial charge < -0.3 is 9.47 Å². The summed E-state index contributed by atoms with van der Waals surface area (Å²) in [5.74, 6) is 1.37. The van der Waals surface area contributed by atoms with Gasteiger partial charge in [-0.15, -0.1) is 0 Å². The van der Waals surface area contributed by atoms with Crippen LogP contribution in [0.25, 0.3) is 6.08 Å². The molecule has 0 saturated heterocycles. The Bertz CT molecular complexity index is 1270.